The number of likely N-dealkylation sites (N-methyl/N-ethyl adjacent to an activating group) is 3. The van der Waals surface area contributed by atoms with Gasteiger partial charge in [-0.05, 0) is 55.2 Å². The lowest BCUT2D eigenvalue weighted by Crippen LogP contribution is -2.57. The Bertz CT molecular complexity index is 1330. The fourth-order valence-electron chi connectivity index (χ4n) is 4.78. The first-order chi connectivity index (χ1) is 19.0. The van der Waals surface area contributed by atoms with Gasteiger partial charge in [0.25, 0.3) is 0 Å². The van der Waals surface area contributed by atoms with Gasteiger partial charge in [0.05, 0.1) is 0 Å². The van der Waals surface area contributed by atoms with Crippen molar-refractivity contribution in [3.8, 4) is 0 Å². The molecule has 0 saturated carbocycles. The number of carbonyl (C=O) groups excluding carboxylic acids is 3. The molecule has 40 heavy (non-hydrogen) atoms. The van der Waals surface area contributed by atoms with Gasteiger partial charge in [-0.1, -0.05) is 78.9 Å². The summed E-state index contributed by atoms with van der Waals surface area (Å²) in [5.41, 5.74) is 7.50. The molecule has 212 valence electrons. The highest BCUT2D eigenvalue weighted by molar-refractivity contribution is 5.95. The van der Waals surface area contributed by atoms with Crippen LogP contribution in [0.4, 0.5) is 0 Å². The van der Waals surface area contributed by atoms with Crippen LogP contribution in [-0.2, 0) is 27.2 Å². The van der Waals surface area contributed by atoms with E-state index in [4.69, 9.17) is 5.73 Å². The van der Waals surface area contributed by atoms with E-state index in [2.05, 4.69) is 11.4 Å². The lowest BCUT2D eigenvalue weighted by Gasteiger charge is -2.36. The maximum absolute atomic E-state index is 14.3. The highest BCUT2D eigenvalue weighted by Crippen LogP contribution is 2.20. The third-order valence-corrected chi connectivity index (χ3v) is 7.07. The van der Waals surface area contributed by atoms with Gasteiger partial charge in [0.15, 0.2) is 0 Å². The number of hydrogen-bond donors (Lipinski definition) is 2. The number of nitrogens with one attached hydrogen (secondary N) is 1. The van der Waals surface area contributed by atoms with E-state index in [1.54, 1.807) is 25.1 Å². The minimum Gasteiger partial charge on any atom is -0.357 e. The summed E-state index contributed by atoms with van der Waals surface area (Å²) in [6.07, 6.45) is 4.42. The van der Waals surface area contributed by atoms with Crippen LogP contribution >= 0.6 is 0 Å². The summed E-state index contributed by atoms with van der Waals surface area (Å²) in [5, 5.41) is 4.88. The Morgan fingerprint density at radius 3 is 2.15 bits per heavy atom. The molecule has 3 amide bonds. The molecule has 2 atom stereocenters. The van der Waals surface area contributed by atoms with E-state index in [0.717, 1.165) is 21.9 Å². The van der Waals surface area contributed by atoms with Crippen LogP contribution in [0.25, 0.3) is 10.8 Å². The largest absolute Gasteiger partial charge is 0.357 e. The van der Waals surface area contributed by atoms with Crippen molar-refractivity contribution < 1.29 is 14.4 Å². The number of carbonyl (C=O) groups is 3. The molecule has 0 unspecified atom stereocenters. The van der Waals surface area contributed by atoms with Gasteiger partial charge in [0.2, 0.25) is 17.7 Å². The molecule has 0 fully saturated rings. The zero-order chi connectivity index (χ0) is 29.3. The molecule has 0 aromatic heterocycles. The molecule has 0 heterocycles. The minimum absolute atomic E-state index is 0.248. The van der Waals surface area contributed by atoms with Crippen LogP contribution in [0.15, 0.2) is 84.9 Å². The first-order valence-corrected chi connectivity index (χ1v) is 13.8. The van der Waals surface area contributed by atoms with Crippen LogP contribution in [-0.4, -0.2) is 65.8 Å². The molecule has 0 aliphatic carbocycles. The molecule has 3 rings (SSSR count). The van der Waals surface area contributed by atoms with Gasteiger partial charge < -0.3 is 20.9 Å². The monoisotopic (exact) mass is 542 g/mol. The van der Waals surface area contributed by atoms with Gasteiger partial charge in [0.1, 0.15) is 12.1 Å². The molecule has 0 bridgehead atoms. The number of nitrogens with two attached hydrogens (primary N) is 1. The van der Waals surface area contributed by atoms with E-state index < -0.39 is 17.6 Å². The number of hydrogen-bond acceptors (Lipinski definition) is 4. The number of amides is 3. The van der Waals surface area contributed by atoms with Crippen LogP contribution in [0.5, 0.6) is 0 Å². The summed E-state index contributed by atoms with van der Waals surface area (Å²) in [6.45, 7) is 5.96. The molecule has 3 N–H and O–H groups in total. The van der Waals surface area contributed by atoms with Crippen LogP contribution in [0.1, 0.15) is 38.3 Å². The first kappa shape index (κ1) is 30.6. The van der Waals surface area contributed by atoms with Crippen molar-refractivity contribution in [3.63, 3.8) is 0 Å². The van der Waals surface area contributed by atoms with E-state index in [0.29, 0.717) is 25.8 Å². The number of rotatable bonds is 12. The lowest BCUT2D eigenvalue weighted by molar-refractivity contribution is -0.147. The molecule has 7 heteroatoms. The van der Waals surface area contributed by atoms with Crippen LogP contribution < -0.4 is 11.1 Å². The molecule has 3 aromatic rings. The summed E-state index contributed by atoms with van der Waals surface area (Å²) in [7, 11) is 3.22. The Kier molecular flexibility index (Phi) is 10.6. The second-order valence-corrected chi connectivity index (χ2v) is 10.9. The molecule has 0 aliphatic heterocycles. The average Bonchev–Trinajstić information content (AvgIpc) is 2.94. The van der Waals surface area contributed by atoms with Gasteiger partial charge in [-0.15, -0.1) is 0 Å². The Balaban J connectivity index is 1.97. The summed E-state index contributed by atoms with van der Waals surface area (Å²) in [6, 6.07) is 22.2. The first-order valence-electron chi connectivity index (χ1n) is 13.8. The molecule has 7 nitrogen and oxygen atoms in total. The van der Waals surface area contributed by atoms with E-state index in [1.807, 2.05) is 87.5 Å². The molecular formula is C33H42N4O3. The quantitative estimate of drug-likeness (QED) is 0.337. The van der Waals surface area contributed by atoms with Crippen LogP contribution in [0, 0.1) is 0 Å². The molecule has 0 spiro atoms. The van der Waals surface area contributed by atoms with Crippen LogP contribution in [0.2, 0.25) is 0 Å². The average molecular weight is 543 g/mol. The second-order valence-electron chi connectivity index (χ2n) is 10.9. The zero-order valence-corrected chi connectivity index (χ0v) is 24.3. The highest BCUT2D eigenvalue weighted by Gasteiger charge is 2.35. The van der Waals surface area contributed by atoms with Gasteiger partial charge in [-0.3, -0.25) is 14.4 Å². The van der Waals surface area contributed by atoms with Crippen molar-refractivity contribution in [2.45, 2.75) is 57.7 Å². The molecular weight excluding hydrogens is 500 g/mol. The second kappa shape index (κ2) is 13.9. The third-order valence-electron chi connectivity index (χ3n) is 7.07. The molecule has 0 radical (unpaired) electrons. The van der Waals surface area contributed by atoms with Crippen molar-refractivity contribution in [1.29, 1.82) is 0 Å². The maximum atomic E-state index is 14.3. The molecule has 3 aromatic carbocycles. The molecule has 0 aliphatic rings. The predicted molar refractivity (Wildman–Crippen MR) is 162 cm³/mol. The summed E-state index contributed by atoms with van der Waals surface area (Å²) in [4.78, 5) is 43.7. The standard InChI is InChI=1S/C33H42N4O3/c1-6-37(28(31(39)35-4)22-24-13-8-7-9-14-24)32(40)29(36(5)30(38)17-12-20-33(2,3)34)23-25-18-19-26-15-10-11-16-27(26)21-25/h7-19,21,28-29H,6,20,22-23,34H2,1-5H3,(H,35,39)/b17-12+/t28-,29-/m1/s1. The highest BCUT2D eigenvalue weighted by atomic mass is 16.2. The van der Waals surface area contributed by atoms with Crippen molar-refractivity contribution in [2.75, 3.05) is 20.6 Å². The summed E-state index contributed by atoms with van der Waals surface area (Å²) < 4.78 is 0. The van der Waals surface area contributed by atoms with E-state index in [1.165, 1.54) is 11.0 Å². The Morgan fingerprint density at radius 1 is 0.900 bits per heavy atom. The smallest absolute Gasteiger partial charge is 0.246 e. The van der Waals surface area contributed by atoms with Gasteiger partial charge >= 0.3 is 0 Å². The number of benzene rings is 3. The summed E-state index contributed by atoms with van der Waals surface area (Å²) in [5.74, 6) is -0.815. The third kappa shape index (κ3) is 8.26. The Morgan fingerprint density at radius 2 is 1.52 bits per heavy atom. The fourth-order valence-corrected chi connectivity index (χ4v) is 4.78. The van der Waals surface area contributed by atoms with Gasteiger partial charge in [-0.25, -0.2) is 0 Å². The summed E-state index contributed by atoms with van der Waals surface area (Å²) >= 11 is 0. The van der Waals surface area contributed by atoms with Crippen molar-refractivity contribution in [2.24, 2.45) is 5.73 Å². The zero-order valence-electron chi connectivity index (χ0n) is 24.3. The van der Waals surface area contributed by atoms with Crippen molar-refractivity contribution >= 4 is 28.5 Å². The van der Waals surface area contributed by atoms with Crippen molar-refractivity contribution in [3.05, 3.63) is 96.1 Å². The normalized spacial score (nSPS) is 13.2. The van der Waals surface area contributed by atoms with Gasteiger partial charge in [0, 0.05) is 39.0 Å². The Labute approximate surface area is 238 Å². The minimum atomic E-state index is -0.813. The van der Waals surface area contributed by atoms with Crippen LogP contribution in [0.3, 0.4) is 0 Å². The topological polar surface area (TPSA) is 95.7 Å². The number of nitrogens with zero attached hydrogens (tertiary/aromatic N) is 2. The van der Waals surface area contributed by atoms with E-state index in [9.17, 15) is 14.4 Å². The fraction of sp³-hybridized carbons (Fsp3) is 0.364. The Hall–Kier alpha value is -3.97. The van der Waals surface area contributed by atoms with Gasteiger partial charge in [-0.2, -0.15) is 0 Å². The SMILES string of the molecule is CCN(C(=O)[C@@H](Cc1ccc2ccccc2c1)N(C)C(=O)/C=C/CC(C)(C)N)[C@H](Cc1ccccc1)C(=O)NC. The van der Waals surface area contributed by atoms with E-state index in [-0.39, 0.29) is 17.7 Å². The molecule has 0 saturated heterocycles. The lowest BCUT2D eigenvalue weighted by atomic mass is 9.98. The van der Waals surface area contributed by atoms with E-state index >= 15 is 0 Å². The van der Waals surface area contributed by atoms with Crippen molar-refractivity contribution in [1.82, 2.24) is 15.1 Å². The predicted octanol–water partition coefficient (Wildman–Crippen LogP) is 4.10. The maximum Gasteiger partial charge on any atom is 0.246 e. The number of fused-ring (bicyclic) bond motifs is 1.